The Hall–Kier alpha value is -0.790. The van der Waals surface area contributed by atoms with Gasteiger partial charge >= 0.3 is 0 Å². The van der Waals surface area contributed by atoms with Crippen LogP contribution in [-0.2, 0) is 0 Å². The lowest BCUT2D eigenvalue weighted by molar-refractivity contribution is 0.933. The molecule has 0 bridgehead atoms. The minimum absolute atomic E-state index is 0.850. The second kappa shape index (κ2) is 3.28. The molecule has 50 valence electrons. The van der Waals surface area contributed by atoms with Crippen LogP contribution in [0, 0.1) is 0 Å². The number of hydrogen-bond acceptors (Lipinski definition) is 2. The van der Waals surface area contributed by atoms with E-state index in [0.717, 1.165) is 18.8 Å². The first-order valence-corrected chi connectivity index (χ1v) is 3.38. The SMILES string of the molecule is CCCC1=NCC=CN1. The van der Waals surface area contributed by atoms with E-state index in [1.165, 1.54) is 6.42 Å². The number of aliphatic imine (C=N–C) groups is 1. The number of rotatable bonds is 2. The van der Waals surface area contributed by atoms with Crippen molar-refractivity contribution in [2.45, 2.75) is 19.8 Å². The van der Waals surface area contributed by atoms with Gasteiger partial charge in [-0.05, 0) is 18.7 Å². The van der Waals surface area contributed by atoms with E-state index < -0.39 is 0 Å². The third-order valence-electron chi connectivity index (χ3n) is 1.24. The molecule has 0 aliphatic carbocycles. The summed E-state index contributed by atoms with van der Waals surface area (Å²) in [6, 6.07) is 0. The Morgan fingerprint density at radius 1 is 1.78 bits per heavy atom. The highest BCUT2D eigenvalue weighted by Crippen LogP contribution is 1.93. The van der Waals surface area contributed by atoms with Crippen molar-refractivity contribution < 1.29 is 0 Å². The zero-order valence-electron chi connectivity index (χ0n) is 5.72. The van der Waals surface area contributed by atoms with E-state index in [0.29, 0.717) is 0 Å². The highest BCUT2D eigenvalue weighted by molar-refractivity contribution is 5.83. The largest absolute Gasteiger partial charge is 0.351 e. The molecule has 0 aromatic carbocycles. The molecule has 0 unspecified atom stereocenters. The molecule has 1 heterocycles. The summed E-state index contributed by atoms with van der Waals surface area (Å²) in [6.45, 7) is 3.00. The van der Waals surface area contributed by atoms with Gasteiger partial charge in [-0.15, -0.1) is 0 Å². The van der Waals surface area contributed by atoms with Crippen molar-refractivity contribution in [2.75, 3.05) is 6.54 Å². The van der Waals surface area contributed by atoms with Gasteiger partial charge in [0.25, 0.3) is 0 Å². The van der Waals surface area contributed by atoms with Crippen LogP contribution >= 0.6 is 0 Å². The molecule has 0 amide bonds. The molecule has 2 heteroatoms. The van der Waals surface area contributed by atoms with Gasteiger partial charge in [0.2, 0.25) is 0 Å². The fourth-order valence-electron chi connectivity index (χ4n) is 0.804. The van der Waals surface area contributed by atoms with E-state index in [1.807, 2.05) is 12.3 Å². The molecule has 1 rings (SSSR count). The summed E-state index contributed by atoms with van der Waals surface area (Å²) in [5, 5.41) is 3.09. The van der Waals surface area contributed by atoms with Crippen LogP contribution in [0.15, 0.2) is 17.3 Å². The molecule has 0 atom stereocenters. The second-order valence-electron chi connectivity index (χ2n) is 2.08. The predicted molar refractivity (Wildman–Crippen MR) is 39.5 cm³/mol. The van der Waals surface area contributed by atoms with Crippen LogP contribution < -0.4 is 5.32 Å². The van der Waals surface area contributed by atoms with Gasteiger partial charge in [0.15, 0.2) is 0 Å². The fourth-order valence-corrected chi connectivity index (χ4v) is 0.804. The summed E-state index contributed by atoms with van der Waals surface area (Å²) in [6.07, 6.45) is 6.21. The normalized spacial score (nSPS) is 16.8. The van der Waals surface area contributed by atoms with E-state index in [-0.39, 0.29) is 0 Å². The molecule has 0 aromatic heterocycles. The third kappa shape index (κ3) is 1.88. The monoisotopic (exact) mass is 124 g/mol. The Bertz CT molecular complexity index is 136. The van der Waals surface area contributed by atoms with Crippen LogP contribution in [0.2, 0.25) is 0 Å². The maximum atomic E-state index is 4.24. The number of nitrogens with one attached hydrogen (secondary N) is 1. The molecule has 0 radical (unpaired) electrons. The maximum absolute atomic E-state index is 4.24. The highest BCUT2D eigenvalue weighted by Gasteiger charge is 1.95. The lowest BCUT2D eigenvalue weighted by Gasteiger charge is -2.06. The first kappa shape index (κ1) is 6.33. The second-order valence-corrected chi connectivity index (χ2v) is 2.08. The third-order valence-corrected chi connectivity index (χ3v) is 1.24. The van der Waals surface area contributed by atoms with Gasteiger partial charge in [-0.25, -0.2) is 0 Å². The average Bonchev–Trinajstić information content (AvgIpc) is 1.91. The molecule has 0 aromatic rings. The molecule has 0 spiro atoms. The first-order chi connectivity index (χ1) is 4.43. The van der Waals surface area contributed by atoms with Crippen LogP contribution in [0.25, 0.3) is 0 Å². The Kier molecular flexibility index (Phi) is 2.31. The van der Waals surface area contributed by atoms with Crippen molar-refractivity contribution in [3.8, 4) is 0 Å². The molecule has 1 N–H and O–H groups in total. The van der Waals surface area contributed by atoms with Gasteiger partial charge in [-0.2, -0.15) is 0 Å². The van der Waals surface area contributed by atoms with Gasteiger partial charge in [-0.3, -0.25) is 4.99 Å². The molecule has 2 nitrogen and oxygen atoms in total. The number of amidine groups is 1. The van der Waals surface area contributed by atoms with Crippen molar-refractivity contribution in [1.82, 2.24) is 5.32 Å². The van der Waals surface area contributed by atoms with Crippen LogP contribution in [0.1, 0.15) is 19.8 Å². The van der Waals surface area contributed by atoms with Crippen molar-refractivity contribution >= 4 is 5.84 Å². The van der Waals surface area contributed by atoms with E-state index in [9.17, 15) is 0 Å². The highest BCUT2D eigenvalue weighted by atomic mass is 15.0. The predicted octanol–water partition coefficient (Wildman–Crippen LogP) is 1.30. The van der Waals surface area contributed by atoms with Crippen molar-refractivity contribution in [3.05, 3.63) is 12.3 Å². The fraction of sp³-hybridized carbons (Fsp3) is 0.571. The van der Waals surface area contributed by atoms with Crippen LogP contribution in [-0.4, -0.2) is 12.4 Å². The van der Waals surface area contributed by atoms with Gasteiger partial charge in [0.05, 0.1) is 6.54 Å². The Labute approximate surface area is 55.7 Å². The summed E-state index contributed by atoms with van der Waals surface area (Å²) >= 11 is 0. The molecule has 0 fully saturated rings. The summed E-state index contributed by atoms with van der Waals surface area (Å²) < 4.78 is 0. The Morgan fingerprint density at radius 3 is 3.22 bits per heavy atom. The van der Waals surface area contributed by atoms with E-state index in [4.69, 9.17) is 0 Å². The topological polar surface area (TPSA) is 24.4 Å². The Balaban J connectivity index is 2.32. The van der Waals surface area contributed by atoms with Crippen molar-refractivity contribution in [3.63, 3.8) is 0 Å². The summed E-state index contributed by atoms with van der Waals surface area (Å²) in [7, 11) is 0. The van der Waals surface area contributed by atoms with E-state index in [2.05, 4.69) is 17.2 Å². The lowest BCUT2D eigenvalue weighted by atomic mass is 10.3. The van der Waals surface area contributed by atoms with E-state index in [1.54, 1.807) is 0 Å². The molecule has 0 saturated carbocycles. The standard InChI is InChI=1S/C7H12N2/c1-2-4-7-8-5-3-6-9-7/h3,5H,2,4,6H2,1H3,(H,8,9). The van der Waals surface area contributed by atoms with Crippen LogP contribution in [0.4, 0.5) is 0 Å². The Morgan fingerprint density at radius 2 is 2.67 bits per heavy atom. The number of nitrogens with zero attached hydrogens (tertiary/aromatic N) is 1. The smallest absolute Gasteiger partial charge is 0.101 e. The number of hydrogen-bond donors (Lipinski definition) is 1. The van der Waals surface area contributed by atoms with Gasteiger partial charge in [-0.1, -0.05) is 6.92 Å². The molecular formula is C7H12N2. The van der Waals surface area contributed by atoms with Crippen molar-refractivity contribution in [2.24, 2.45) is 4.99 Å². The summed E-state index contributed by atoms with van der Waals surface area (Å²) in [4.78, 5) is 4.24. The molecule has 1 aliphatic heterocycles. The zero-order chi connectivity index (χ0) is 6.53. The average molecular weight is 124 g/mol. The molecule has 1 aliphatic rings. The zero-order valence-corrected chi connectivity index (χ0v) is 5.72. The molecule has 9 heavy (non-hydrogen) atoms. The van der Waals surface area contributed by atoms with E-state index >= 15 is 0 Å². The van der Waals surface area contributed by atoms with Crippen LogP contribution in [0.3, 0.4) is 0 Å². The van der Waals surface area contributed by atoms with Crippen molar-refractivity contribution in [1.29, 1.82) is 0 Å². The quantitative estimate of drug-likeness (QED) is 0.589. The molecular weight excluding hydrogens is 112 g/mol. The lowest BCUT2D eigenvalue weighted by Crippen LogP contribution is -2.19. The van der Waals surface area contributed by atoms with Gasteiger partial charge < -0.3 is 5.32 Å². The molecule has 0 saturated heterocycles. The van der Waals surface area contributed by atoms with Crippen LogP contribution in [0.5, 0.6) is 0 Å². The minimum atomic E-state index is 0.850. The summed E-state index contributed by atoms with van der Waals surface area (Å²) in [5.74, 6) is 1.13. The summed E-state index contributed by atoms with van der Waals surface area (Å²) in [5.41, 5.74) is 0. The minimum Gasteiger partial charge on any atom is -0.351 e. The van der Waals surface area contributed by atoms with Gasteiger partial charge in [0, 0.05) is 6.42 Å². The maximum Gasteiger partial charge on any atom is 0.101 e. The van der Waals surface area contributed by atoms with Gasteiger partial charge in [0.1, 0.15) is 5.84 Å². The first-order valence-electron chi connectivity index (χ1n) is 3.38.